The molecule has 0 N–H and O–H groups in total. The Balaban J connectivity index is 1.70. The number of ether oxygens (including phenoxy) is 5. The molecule has 9 nitrogen and oxygen atoms in total. The van der Waals surface area contributed by atoms with Crippen molar-refractivity contribution in [2.45, 2.75) is 19.3 Å². The van der Waals surface area contributed by atoms with Gasteiger partial charge >= 0.3 is 17.9 Å². The molecule has 0 aliphatic carbocycles. The summed E-state index contributed by atoms with van der Waals surface area (Å²) in [4.78, 5) is 46.4. The lowest BCUT2D eigenvalue weighted by Gasteiger charge is -2.08. The van der Waals surface area contributed by atoms with Gasteiger partial charge in [-0.25, -0.2) is 9.59 Å². The first kappa shape index (κ1) is 30.6. The number of allylic oxidation sites excluding steroid dienone is 1. The summed E-state index contributed by atoms with van der Waals surface area (Å²) in [5.41, 5.74) is 1.34. The highest BCUT2D eigenvalue weighted by atomic mass is 16.6. The molecule has 0 fully saturated rings. The number of carbonyl (C=O) groups excluding carboxylic acids is 4. The van der Waals surface area contributed by atoms with Crippen molar-refractivity contribution in [1.82, 2.24) is 0 Å². The van der Waals surface area contributed by atoms with E-state index in [0.29, 0.717) is 36.7 Å². The molecule has 0 radical (unpaired) electrons. The highest BCUT2D eigenvalue weighted by molar-refractivity contribution is 6.06. The summed E-state index contributed by atoms with van der Waals surface area (Å²) < 4.78 is 25.6. The van der Waals surface area contributed by atoms with Crippen molar-refractivity contribution in [1.29, 1.82) is 0 Å². The van der Waals surface area contributed by atoms with E-state index in [1.807, 2.05) is 0 Å². The van der Waals surface area contributed by atoms with Crippen LogP contribution < -0.4 is 9.47 Å². The van der Waals surface area contributed by atoms with Crippen LogP contribution in [0.1, 0.15) is 35.2 Å². The van der Waals surface area contributed by atoms with Crippen LogP contribution in [0.25, 0.3) is 6.08 Å². The van der Waals surface area contributed by atoms with E-state index in [-0.39, 0.29) is 31.0 Å². The highest BCUT2D eigenvalue weighted by Crippen LogP contribution is 2.16. The third-order valence-corrected chi connectivity index (χ3v) is 5.12. The van der Waals surface area contributed by atoms with Crippen molar-refractivity contribution in [2.24, 2.45) is 0 Å². The number of unbranched alkanes of at least 4 members (excludes halogenated alkanes) is 1. The zero-order chi connectivity index (χ0) is 28.5. The van der Waals surface area contributed by atoms with Crippen molar-refractivity contribution in [2.75, 3.05) is 33.5 Å². The Morgan fingerprint density at radius 3 is 2.05 bits per heavy atom. The second-order valence-corrected chi connectivity index (χ2v) is 8.06. The Hall–Kier alpha value is -4.66. The third kappa shape index (κ3) is 12.0. The monoisotopic (exact) mass is 536 g/mol. The van der Waals surface area contributed by atoms with Gasteiger partial charge < -0.3 is 23.7 Å². The summed E-state index contributed by atoms with van der Waals surface area (Å²) in [7, 11) is 1.23. The van der Waals surface area contributed by atoms with E-state index in [1.165, 1.54) is 13.2 Å². The summed E-state index contributed by atoms with van der Waals surface area (Å²) >= 11 is 0. The van der Waals surface area contributed by atoms with Gasteiger partial charge in [0.05, 0.1) is 26.7 Å². The molecule has 0 amide bonds. The molecule has 2 aromatic carbocycles. The van der Waals surface area contributed by atoms with Crippen LogP contribution in [0.4, 0.5) is 0 Å². The standard InChI is InChI=1S/C30H32O9/c1-4-28(32)38-18-6-5-17-36-26-14-10-24(11-15-26)27(31)16-9-23-7-12-25(13-8-23)37-19-20-39-30(34)22(2)21-29(33)35-3/h4,7-16H,1-2,5-6,17-21H2,3H3/b16-9+. The van der Waals surface area contributed by atoms with Crippen LogP contribution in [-0.2, 0) is 28.6 Å². The Morgan fingerprint density at radius 2 is 1.41 bits per heavy atom. The molecule has 0 spiro atoms. The maximum absolute atomic E-state index is 12.5. The molecule has 0 heterocycles. The van der Waals surface area contributed by atoms with E-state index in [0.717, 1.165) is 18.1 Å². The van der Waals surface area contributed by atoms with Gasteiger partial charge in [-0.1, -0.05) is 31.4 Å². The van der Waals surface area contributed by atoms with Gasteiger partial charge in [-0.05, 0) is 60.9 Å². The van der Waals surface area contributed by atoms with Gasteiger partial charge in [0.2, 0.25) is 0 Å². The smallest absolute Gasteiger partial charge is 0.334 e. The van der Waals surface area contributed by atoms with Crippen LogP contribution in [0, 0.1) is 0 Å². The number of carbonyl (C=O) groups is 4. The number of hydrogen-bond donors (Lipinski definition) is 0. The lowest BCUT2D eigenvalue weighted by atomic mass is 10.1. The second kappa shape index (κ2) is 17.0. The molecule has 0 atom stereocenters. The van der Waals surface area contributed by atoms with Gasteiger partial charge in [0.15, 0.2) is 5.78 Å². The lowest BCUT2D eigenvalue weighted by molar-refractivity contribution is -0.144. The summed E-state index contributed by atoms with van der Waals surface area (Å²) in [5.74, 6) is -0.626. The molecule has 9 heteroatoms. The van der Waals surface area contributed by atoms with Crippen LogP contribution in [-0.4, -0.2) is 57.2 Å². The largest absolute Gasteiger partial charge is 0.494 e. The van der Waals surface area contributed by atoms with E-state index in [1.54, 1.807) is 54.6 Å². The van der Waals surface area contributed by atoms with Gasteiger partial charge in [0.1, 0.15) is 24.7 Å². The van der Waals surface area contributed by atoms with Gasteiger partial charge in [0.25, 0.3) is 0 Å². The summed E-state index contributed by atoms with van der Waals surface area (Å²) in [5, 5.41) is 0. The van der Waals surface area contributed by atoms with Crippen LogP contribution in [0.2, 0.25) is 0 Å². The van der Waals surface area contributed by atoms with Gasteiger partial charge in [-0.3, -0.25) is 9.59 Å². The summed E-state index contributed by atoms with van der Waals surface area (Å²) in [6.45, 7) is 7.74. The minimum Gasteiger partial charge on any atom is -0.494 e. The molecule has 2 rings (SSSR count). The fraction of sp³-hybridized carbons (Fsp3) is 0.267. The van der Waals surface area contributed by atoms with E-state index in [4.69, 9.17) is 18.9 Å². The van der Waals surface area contributed by atoms with Crippen molar-refractivity contribution >= 4 is 29.8 Å². The number of esters is 3. The van der Waals surface area contributed by atoms with Crippen LogP contribution in [0.3, 0.4) is 0 Å². The number of benzene rings is 2. The number of ketones is 1. The number of methoxy groups -OCH3 is 1. The quantitative estimate of drug-likeness (QED) is 0.0947. The maximum Gasteiger partial charge on any atom is 0.334 e. The molecule has 0 aliphatic heterocycles. The van der Waals surface area contributed by atoms with Gasteiger partial charge in [-0.2, -0.15) is 0 Å². The first-order valence-corrected chi connectivity index (χ1v) is 12.2. The average molecular weight is 537 g/mol. The normalized spacial score (nSPS) is 10.4. The Bertz CT molecular complexity index is 1160. The van der Waals surface area contributed by atoms with Crippen molar-refractivity contribution < 1.29 is 42.9 Å². The van der Waals surface area contributed by atoms with E-state index in [9.17, 15) is 19.2 Å². The van der Waals surface area contributed by atoms with Crippen molar-refractivity contribution in [3.63, 3.8) is 0 Å². The second-order valence-electron chi connectivity index (χ2n) is 8.06. The fourth-order valence-corrected chi connectivity index (χ4v) is 3.00. The molecule has 0 aromatic heterocycles. The predicted molar refractivity (Wildman–Crippen MR) is 144 cm³/mol. The number of rotatable bonds is 17. The first-order valence-electron chi connectivity index (χ1n) is 12.2. The molecular formula is C30H32O9. The summed E-state index contributed by atoms with van der Waals surface area (Å²) in [6, 6.07) is 13.9. The minimum absolute atomic E-state index is 0.00770. The van der Waals surface area contributed by atoms with Crippen LogP contribution >= 0.6 is 0 Å². The molecular weight excluding hydrogens is 504 g/mol. The fourth-order valence-electron chi connectivity index (χ4n) is 3.00. The lowest BCUT2D eigenvalue weighted by Crippen LogP contribution is -2.15. The van der Waals surface area contributed by atoms with E-state index in [2.05, 4.69) is 17.9 Å². The molecule has 39 heavy (non-hydrogen) atoms. The SMILES string of the molecule is C=CC(=O)OCCCCOc1ccc(C(=O)/C=C/c2ccc(OCCOC(=O)C(=C)CC(=O)OC)cc2)cc1. The Labute approximate surface area is 227 Å². The average Bonchev–Trinajstić information content (AvgIpc) is 2.96. The van der Waals surface area contributed by atoms with E-state index < -0.39 is 17.9 Å². The van der Waals surface area contributed by atoms with Crippen LogP contribution in [0.15, 0.2) is 79.4 Å². The van der Waals surface area contributed by atoms with Gasteiger partial charge in [0, 0.05) is 17.2 Å². The third-order valence-electron chi connectivity index (χ3n) is 5.12. The van der Waals surface area contributed by atoms with Crippen LogP contribution in [0.5, 0.6) is 11.5 Å². The maximum atomic E-state index is 12.5. The Morgan fingerprint density at radius 1 is 0.795 bits per heavy atom. The van der Waals surface area contributed by atoms with Crippen molar-refractivity contribution in [3.05, 3.63) is 90.5 Å². The first-order chi connectivity index (χ1) is 18.8. The number of hydrogen-bond acceptors (Lipinski definition) is 9. The highest BCUT2D eigenvalue weighted by Gasteiger charge is 2.13. The van der Waals surface area contributed by atoms with E-state index >= 15 is 0 Å². The molecule has 0 aliphatic rings. The zero-order valence-corrected chi connectivity index (χ0v) is 21.9. The topological polar surface area (TPSA) is 114 Å². The van der Waals surface area contributed by atoms with Gasteiger partial charge in [-0.15, -0.1) is 0 Å². The Kier molecular flexibility index (Phi) is 13.3. The predicted octanol–water partition coefficient (Wildman–Crippen LogP) is 4.51. The minimum atomic E-state index is -0.683. The molecule has 0 saturated heterocycles. The molecule has 0 unspecified atom stereocenters. The zero-order valence-electron chi connectivity index (χ0n) is 21.9. The molecule has 2 aromatic rings. The van der Waals surface area contributed by atoms with Crippen molar-refractivity contribution in [3.8, 4) is 11.5 Å². The molecule has 0 bridgehead atoms. The molecule has 206 valence electrons. The molecule has 0 saturated carbocycles. The summed E-state index contributed by atoms with van der Waals surface area (Å²) in [6.07, 6.45) is 5.48.